The number of amides is 2. The molecule has 0 spiro atoms. The lowest BCUT2D eigenvalue weighted by atomic mass is 10.1. The fourth-order valence-electron chi connectivity index (χ4n) is 3.29. The molecule has 25 heavy (non-hydrogen) atoms. The lowest BCUT2D eigenvalue weighted by molar-refractivity contribution is 0.0939. The van der Waals surface area contributed by atoms with E-state index in [-0.39, 0.29) is 11.7 Å². The molecule has 6 heteroatoms. The van der Waals surface area contributed by atoms with Crippen molar-refractivity contribution in [3.05, 3.63) is 47.7 Å². The second kappa shape index (κ2) is 7.53. The summed E-state index contributed by atoms with van der Waals surface area (Å²) in [5.74, 6) is -0.106. The molecular formula is C19H23N3O3. The number of nitrogens with zero attached hydrogens (tertiary/aromatic N) is 1. The SMILES string of the molecule is CCN1CCCC1CNC(=O)c1cccc(-c2ccc(C(N)=O)o2)c1. The number of likely N-dealkylation sites (tertiary alicyclic amines) is 1. The molecule has 2 aromatic rings. The van der Waals surface area contributed by atoms with Crippen LogP contribution in [0.15, 0.2) is 40.8 Å². The number of likely N-dealkylation sites (N-methyl/N-ethyl adjacent to an activating group) is 1. The van der Waals surface area contributed by atoms with E-state index < -0.39 is 5.91 Å². The number of hydrogen-bond donors (Lipinski definition) is 2. The average molecular weight is 341 g/mol. The molecule has 0 radical (unpaired) electrons. The molecule has 1 aliphatic heterocycles. The summed E-state index contributed by atoms with van der Waals surface area (Å²) in [4.78, 5) is 26.0. The Morgan fingerprint density at radius 1 is 1.32 bits per heavy atom. The smallest absolute Gasteiger partial charge is 0.284 e. The van der Waals surface area contributed by atoms with Gasteiger partial charge in [-0.05, 0) is 50.2 Å². The third-order valence-corrected chi connectivity index (χ3v) is 4.66. The number of carbonyl (C=O) groups is 2. The Hall–Kier alpha value is -2.60. The molecule has 6 nitrogen and oxygen atoms in total. The van der Waals surface area contributed by atoms with Gasteiger partial charge in [-0.2, -0.15) is 0 Å². The normalized spacial score (nSPS) is 17.6. The summed E-state index contributed by atoms with van der Waals surface area (Å²) in [6.07, 6.45) is 2.31. The van der Waals surface area contributed by atoms with Crippen molar-refractivity contribution in [2.45, 2.75) is 25.8 Å². The molecule has 0 bridgehead atoms. The molecule has 1 aromatic heterocycles. The van der Waals surface area contributed by atoms with Crippen LogP contribution in [0.1, 0.15) is 40.7 Å². The second-order valence-electron chi connectivity index (χ2n) is 6.24. The molecule has 0 saturated carbocycles. The van der Waals surface area contributed by atoms with Crippen LogP contribution in [-0.2, 0) is 0 Å². The van der Waals surface area contributed by atoms with Crippen LogP contribution in [0.3, 0.4) is 0 Å². The number of carbonyl (C=O) groups excluding carboxylic acids is 2. The van der Waals surface area contributed by atoms with Gasteiger partial charge in [0.15, 0.2) is 5.76 Å². The maximum absolute atomic E-state index is 12.5. The fourth-order valence-corrected chi connectivity index (χ4v) is 3.29. The van der Waals surface area contributed by atoms with E-state index in [1.54, 1.807) is 24.3 Å². The molecule has 0 aliphatic carbocycles. The van der Waals surface area contributed by atoms with Crippen molar-refractivity contribution in [2.75, 3.05) is 19.6 Å². The van der Waals surface area contributed by atoms with Crippen LogP contribution in [0, 0.1) is 0 Å². The zero-order chi connectivity index (χ0) is 17.8. The van der Waals surface area contributed by atoms with Gasteiger partial charge in [0.2, 0.25) is 0 Å². The Morgan fingerprint density at radius 3 is 2.88 bits per heavy atom. The van der Waals surface area contributed by atoms with E-state index in [0.29, 0.717) is 23.9 Å². The van der Waals surface area contributed by atoms with Gasteiger partial charge >= 0.3 is 0 Å². The van der Waals surface area contributed by atoms with Gasteiger partial charge in [0.25, 0.3) is 11.8 Å². The Balaban J connectivity index is 1.68. The highest BCUT2D eigenvalue weighted by atomic mass is 16.3. The van der Waals surface area contributed by atoms with Crippen molar-refractivity contribution in [1.29, 1.82) is 0 Å². The van der Waals surface area contributed by atoms with Crippen LogP contribution in [0.25, 0.3) is 11.3 Å². The number of benzene rings is 1. The van der Waals surface area contributed by atoms with E-state index in [4.69, 9.17) is 10.2 Å². The Bertz CT molecular complexity index is 769. The Kier molecular flexibility index (Phi) is 5.19. The van der Waals surface area contributed by atoms with Gasteiger partial charge in [0.05, 0.1) is 0 Å². The predicted octanol–water partition coefficient (Wildman–Crippen LogP) is 2.26. The first-order chi connectivity index (χ1) is 12.1. The van der Waals surface area contributed by atoms with Crippen LogP contribution in [0.4, 0.5) is 0 Å². The molecule has 1 saturated heterocycles. The van der Waals surface area contributed by atoms with Gasteiger partial charge in [0, 0.05) is 23.7 Å². The molecule has 1 unspecified atom stereocenters. The van der Waals surface area contributed by atoms with Crippen molar-refractivity contribution in [3.8, 4) is 11.3 Å². The van der Waals surface area contributed by atoms with Gasteiger partial charge in [-0.25, -0.2) is 0 Å². The zero-order valence-electron chi connectivity index (χ0n) is 14.3. The minimum atomic E-state index is -0.614. The molecule has 1 aliphatic rings. The predicted molar refractivity (Wildman–Crippen MR) is 95.3 cm³/mol. The molecule has 2 amide bonds. The maximum atomic E-state index is 12.5. The molecule has 2 heterocycles. The molecule has 1 aromatic carbocycles. The van der Waals surface area contributed by atoms with E-state index in [0.717, 1.165) is 25.1 Å². The number of nitrogens with one attached hydrogen (secondary N) is 1. The molecule has 1 atom stereocenters. The third kappa shape index (κ3) is 3.91. The van der Waals surface area contributed by atoms with Crippen molar-refractivity contribution in [2.24, 2.45) is 5.73 Å². The van der Waals surface area contributed by atoms with E-state index in [1.807, 2.05) is 6.07 Å². The molecule has 3 N–H and O–H groups in total. The van der Waals surface area contributed by atoms with E-state index in [9.17, 15) is 9.59 Å². The summed E-state index contributed by atoms with van der Waals surface area (Å²) in [5, 5.41) is 3.02. The zero-order valence-corrected chi connectivity index (χ0v) is 14.3. The summed E-state index contributed by atoms with van der Waals surface area (Å²) in [5.41, 5.74) is 6.50. The lowest BCUT2D eigenvalue weighted by Gasteiger charge is -2.22. The monoisotopic (exact) mass is 341 g/mol. The highest BCUT2D eigenvalue weighted by Gasteiger charge is 2.23. The molecule has 132 valence electrons. The van der Waals surface area contributed by atoms with Gasteiger partial charge in [-0.3, -0.25) is 14.5 Å². The van der Waals surface area contributed by atoms with Crippen LogP contribution in [0.5, 0.6) is 0 Å². The van der Waals surface area contributed by atoms with Crippen molar-refractivity contribution in [3.63, 3.8) is 0 Å². The van der Waals surface area contributed by atoms with Gasteiger partial charge in [-0.1, -0.05) is 19.1 Å². The van der Waals surface area contributed by atoms with Crippen molar-refractivity contribution < 1.29 is 14.0 Å². The Labute approximate surface area is 147 Å². The topological polar surface area (TPSA) is 88.6 Å². The number of primary amides is 1. The van der Waals surface area contributed by atoms with E-state index in [2.05, 4.69) is 17.1 Å². The van der Waals surface area contributed by atoms with Crippen LogP contribution in [-0.4, -0.2) is 42.4 Å². The minimum absolute atomic E-state index is 0.103. The third-order valence-electron chi connectivity index (χ3n) is 4.66. The van der Waals surface area contributed by atoms with E-state index >= 15 is 0 Å². The Morgan fingerprint density at radius 2 is 2.16 bits per heavy atom. The van der Waals surface area contributed by atoms with Gasteiger partial charge < -0.3 is 15.5 Å². The molecule has 3 rings (SSSR count). The first-order valence-corrected chi connectivity index (χ1v) is 8.61. The molecule has 1 fully saturated rings. The lowest BCUT2D eigenvalue weighted by Crippen LogP contribution is -2.40. The van der Waals surface area contributed by atoms with Crippen LogP contribution < -0.4 is 11.1 Å². The first-order valence-electron chi connectivity index (χ1n) is 8.61. The van der Waals surface area contributed by atoms with Crippen molar-refractivity contribution in [1.82, 2.24) is 10.2 Å². The number of rotatable bonds is 6. The fraction of sp³-hybridized carbons (Fsp3) is 0.368. The quantitative estimate of drug-likeness (QED) is 0.843. The summed E-state index contributed by atoms with van der Waals surface area (Å²) in [6, 6.07) is 10.8. The van der Waals surface area contributed by atoms with Gasteiger partial charge in [-0.15, -0.1) is 0 Å². The first kappa shape index (κ1) is 17.2. The number of furan rings is 1. The largest absolute Gasteiger partial charge is 0.451 e. The summed E-state index contributed by atoms with van der Waals surface area (Å²) in [6.45, 7) is 4.92. The minimum Gasteiger partial charge on any atom is -0.451 e. The molecular weight excluding hydrogens is 318 g/mol. The number of hydrogen-bond acceptors (Lipinski definition) is 4. The summed E-state index contributed by atoms with van der Waals surface area (Å²) >= 11 is 0. The van der Waals surface area contributed by atoms with Crippen LogP contribution in [0.2, 0.25) is 0 Å². The number of nitrogens with two attached hydrogens (primary N) is 1. The average Bonchev–Trinajstić information content (AvgIpc) is 3.28. The van der Waals surface area contributed by atoms with Gasteiger partial charge in [0.1, 0.15) is 5.76 Å². The summed E-state index contributed by atoms with van der Waals surface area (Å²) < 4.78 is 5.42. The second-order valence-corrected chi connectivity index (χ2v) is 6.24. The highest BCUT2D eigenvalue weighted by Crippen LogP contribution is 2.23. The van der Waals surface area contributed by atoms with Crippen molar-refractivity contribution >= 4 is 11.8 Å². The summed E-state index contributed by atoms with van der Waals surface area (Å²) in [7, 11) is 0. The van der Waals surface area contributed by atoms with E-state index in [1.165, 1.54) is 12.5 Å². The van der Waals surface area contributed by atoms with Crippen LogP contribution >= 0.6 is 0 Å². The maximum Gasteiger partial charge on any atom is 0.284 e. The standard InChI is InChI=1S/C19H23N3O3/c1-2-22-10-4-7-15(22)12-21-19(24)14-6-3-5-13(11-14)16-8-9-17(25-16)18(20)23/h3,5-6,8-9,11,15H,2,4,7,10,12H2,1H3,(H2,20,23)(H,21,24). The highest BCUT2D eigenvalue weighted by molar-refractivity contribution is 5.95.